The van der Waals surface area contributed by atoms with Crippen LogP contribution in [-0.2, 0) is 14.3 Å². The van der Waals surface area contributed by atoms with E-state index in [-0.39, 0.29) is 35.9 Å². The maximum Gasteiger partial charge on any atom is 0.271 e. The summed E-state index contributed by atoms with van der Waals surface area (Å²) < 4.78 is 6.13. The summed E-state index contributed by atoms with van der Waals surface area (Å²) in [6, 6.07) is 12.2. The van der Waals surface area contributed by atoms with Crippen molar-refractivity contribution in [3.63, 3.8) is 0 Å². The number of hydrogen-bond acceptors (Lipinski definition) is 7. The number of phenolic OH excluding ortho intramolecular Hbond substituents is 1. The number of aliphatic hydroxyl groups is 1. The first kappa shape index (κ1) is 21.5. The monoisotopic (exact) mass is 452 g/mol. The van der Waals surface area contributed by atoms with Gasteiger partial charge in [-0.1, -0.05) is 31.2 Å². The number of nitro benzene ring substituents is 1. The number of ether oxygens (including phenoxy) is 1. The summed E-state index contributed by atoms with van der Waals surface area (Å²) in [5, 5.41) is 33.2. The number of phenols is 1. The lowest BCUT2D eigenvalue weighted by atomic mass is 9.64. The van der Waals surface area contributed by atoms with Crippen LogP contribution in [0.3, 0.4) is 0 Å². The molecule has 33 heavy (non-hydrogen) atoms. The number of para-hydroxylation sites is 1. The summed E-state index contributed by atoms with van der Waals surface area (Å²) in [6.45, 7) is 1.90. The van der Waals surface area contributed by atoms with Crippen LogP contribution >= 0.6 is 0 Å². The zero-order valence-electron chi connectivity index (χ0n) is 18.0. The SMILES string of the molecule is CC[C@H]1C[C@@H]2C(=O)N(c3cccc([N+](=O)[O-])c3)C(=O)[C@@H]2[C@@H]2C[C@@H](c3ccccc3O)O[C@]12O. The zero-order valence-corrected chi connectivity index (χ0v) is 18.0. The first-order valence-electron chi connectivity index (χ1n) is 11.1. The third kappa shape index (κ3) is 3.14. The van der Waals surface area contributed by atoms with E-state index >= 15 is 0 Å². The number of amides is 2. The Bertz CT molecular complexity index is 1150. The summed E-state index contributed by atoms with van der Waals surface area (Å²) in [4.78, 5) is 38.6. The van der Waals surface area contributed by atoms with Crippen LogP contribution < -0.4 is 4.90 Å². The fourth-order valence-electron chi connectivity index (χ4n) is 5.90. The van der Waals surface area contributed by atoms with Crippen molar-refractivity contribution in [2.75, 3.05) is 4.90 Å². The van der Waals surface area contributed by atoms with Gasteiger partial charge in [0.15, 0.2) is 5.79 Å². The molecule has 3 fully saturated rings. The molecule has 5 rings (SSSR count). The lowest BCUT2D eigenvalue weighted by Gasteiger charge is -2.44. The Hall–Kier alpha value is -3.30. The molecule has 2 N–H and O–H groups in total. The van der Waals surface area contributed by atoms with E-state index in [2.05, 4.69) is 0 Å². The second-order valence-corrected chi connectivity index (χ2v) is 9.02. The molecule has 0 spiro atoms. The predicted molar refractivity (Wildman–Crippen MR) is 116 cm³/mol. The number of fused-ring (bicyclic) bond motifs is 3. The molecule has 1 aliphatic carbocycles. The number of hydrogen-bond donors (Lipinski definition) is 2. The molecule has 9 heteroatoms. The van der Waals surface area contributed by atoms with E-state index in [9.17, 15) is 29.9 Å². The van der Waals surface area contributed by atoms with E-state index in [1.54, 1.807) is 24.3 Å². The van der Waals surface area contributed by atoms with Crippen LogP contribution in [0.2, 0.25) is 0 Å². The normalized spacial score (nSPS) is 33.2. The molecule has 0 radical (unpaired) electrons. The largest absolute Gasteiger partial charge is 0.508 e. The molecule has 2 heterocycles. The molecular weight excluding hydrogens is 428 g/mol. The van der Waals surface area contributed by atoms with Gasteiger partial charge in [0.1, 0.15) is 5.75 Å². The third-order valence-electron chi connectivity index (χ3n) is 7.44. The lowest BCUT2D eigenvalue weighted by molar-refractivity contribution is -0.384. The molecule has 2 saturated heterocycles. The number of benzene rings is 2. The lowest BCUT2D eigenvalue weighted by Crippen LogP contribution is -2.53. The number of non-ortho nitro benzene ring substituents is 1. The van der Waals surface area contributed by atoms with Crippen molar-refractivity contribution < 1.29 is 29.5 Å². The van der Waals surface area contributed by atoms with E-state index in [0.717, 1.165) is 4.90 Å². The van der Waals surface area contributed by atoms with E-state index in [4.69, 9.17) is 4.74 Å². The quantitative estimate of drug-likeness (QED) is 0.413. The molecular formula is C24H24N2O7. The molecule has 1 saturated carbocycles. The fraction of sp³-hybridized carbons (Fsp3) is 0.417. The molecule has 2 amide bonds. The minimum Gasteiger partial charge on any atom is -0.508 e. The molecule has 172 valence electrons. The van der Waals surface area contributed by atoms with Crippen LogP contribution in [0.1, 0.15) is 37.9 Å². The topological polar surface area (TPSA) is 130 Å². The van der Waals surface area contributed by atoms with Gasteiger partial charge in [-0.25, -0.2) is 4.90 Å². The average molecular weight is 452 g/mol. The standard InChI is InChI=1S/C24H24N2O7/c1-2-13-10-17-21(18-12-20(33-24(13,18)30)16-8-3-4-9-19(16)27)23(29)25(22(17)28)14-6-5-7-15(11-14)26(31)32/h3-9,11,13,17-18,20-21,27,30H,2,10,12H2,1H3/t13-,17-,18-,20-,21-,24+/m0/s1. The number of rotatable bonds is 4. The van der Waals surface area contributed by atoms with Gasteiger partial charge >= 0.3 is 0 Å². The maximum absolute atomic E-state index is 13.5. The Morgan fingerprint density at radius 2 is 1.91 bits per heavy atom. The number of carbonyl (C=O) groups is 2. The molecule has 2 aliphatic heterocycles. The highest BCUT2D eigenvalue weighted by molar-refractivity contribution is 6.22. The molecule has 3 aliphatic rings. The van der Waals surface area contributed by atoms with Crippen molar-refractivity contribution in [1.29, 1.82) is 0 Å². The van der Waals surface area contributed by atoms with Gasteiger partial charge in [-0.15, -0.1) is 0 Å². The van der Waals surface area contributed by atoms with Crippen molar-refractivity contribution >= 4 is 23.2 Å². The zero-order chi connectivity index (χ0) is 23.5. The summed E-state index contributed by atoms with van der Waals surface area (Å²) >= 11 is 0. The molecule has 0 bridgehead atoms. The van der Waals surface area contributed by atoms with Crippen molar-refractivity contribution in [3.8, 4) is 5.75 Å². The van der Waals surface area contributed by atoms with Crippen LogP contribution in [0.25, 0.3) is 0 Å². The van der Waals surface area contributed by atoms with Gasteiger partial charge in [-0.2, -0.15) is 0 Å². The van der Waals surface area contributed by atoms with Gasteiger partial charge in [-0.3, -0.25) is 19.7 Å². The predicted octanol–water partition coefficient (Wildman–Crippen LogP) is 3.30. The molecule has 2 aromatic carbocycles. The van der Waals surface area contributed by atoms with Crippen molar-refractivity contribution in [1.82, 2.24) is 0 Å². The Morgan fingerprint density at radius 3 is 2.61 bits per heavy atom. The number of nitro groups is 1. The van der Waals surface area contributed by atoms with E-state index in [1.165, 1.54) is 24.3 Å². The molecule has 0 unspecified atom stereocenters. The Kier molecular flexibility index (Phi) is 4.98. The van der Waals surface area contributed by atoms with E-state index in [1.807, 2.05) is 6.92 Å². The highest BCUT2D eigenvalue weighted by atomic mass is 16.6. The molecule has 9 nitrogen and oxygen atoms in total. The van der Waals surface area contributed by atoms with Gasteiger partial charge in [0.2, 0.25) is 11.8 Å². The molecule has 6 atom stereocenters. The first-order chi connectivity index (χ1) is 15.8. The maximum atomic E-state index is 13.5. The number of imide groups is 1. The number of nitrogens with zero attached hydrogens (tertiary/aromatic N) is 2. The van der Waals surface area contributed by atoms with Gasteiger partial charge in [0.05, 0.1) is 28.6 Å². The summed E-state index contributed by atoms with van der Waals surface area (Å²) in [6.07, 6.45) is 0.469. The van der Waals surface area contributed by atoms with Crippen LogP contribution in [0, 0.1) is 33.8 Å². The molecule has 2 aromatic rings. The van der Waals surface area contributed by atoms with E-state index < -0.39 is 46.4 Å². The van der Waals surface area contributed by atoms with Crippen LogP contribution in [0.15, 0.2) is 48.5 Å². The van der Waals surface area contributed by atoms with Crippen molar-refractivity contribution in [3.05, 3.63) is 64.2 Å². The Morgan fingerprint density at radius 1 is 1.15 bits per heavy atom. The minimum atomic E-state index is -1.61. The van der Waals surface area contributed by atoms with E-state index in [0.29, 0.717) is 12.0 Å². The summed E-state index contributed by atoms with van der Waals surface area (Å²) in [5.74, 6) is -4.92. The highest BCUT2D eigenvalue weighted by Gasteiger charge is 2.66. The Labute approximate surface area is 189 Å². The van der Waals surface area contributed by atoms with Crippen molar-refractivity contribution in [2.45, 2.75) is 38.1 Å². The Balaban J connectivity index is 1.53. The third-order valence-corrected chi connectivity index (χ3v) is 7.44. The first-order valence-corrected chi connectivity index (χ1v) is 11.1. The van der Waals surface area contributed by atoms with Crippen LogP contribution in [0.4, 0.5) is 11.4 Å². The fourth-order valence-corrected chi connectivity index (χ4v) is 5.90. The smallest absolute Gasteiger partial charge is 0.271 e. The summed E-state index contributed by atoms with van der Waals surface area (Å²) in [5.41, 5.74) is 0.468. The minimum absolute atomic E-state index is 0.0430. The second-order valence-electron chi connectivity index (χ2n) is 9.02. The number of carbonyl (C=O) groups excluding carboxylic acids is 2. The van der Waals surface area contributed by atoms with Crippen molar-refractivity contribution in [2.24, 2.45) is 23.7 Å². The van der Waals surface area contributed by atoms with Gasteiger partial charge < -0.3 is 14.9 Å². The average Bonchev–Trinajstić information content (AvgIpc) is 3.27. The molecule has 0 aromatic heterocycles. The number of aromatic hydroxyl groups is 1. The second kappa shape index (κ2) is 7.64. The van der Waals surface area contributed by atoms with Crippen LogP contribution in [-0.4, -0.2) is 32.7 Å². The van der Waals surface area contributed by atoms with Crippen LogP contribution in [0.5, 0.6) is 5.75 Å². The number of anilines is 1. The summed E-state index contributed by atoms with van der Waals surface area (Å²) in [7, 11) is 0. The van der Waals surface area contributed by atoms with Gasteiger partial charge in [-0.05, 0) is 31.4 Å². The van der Waals surface area contributed by atoms with Gasteiger partial charge in [0, 0.05) is 29.5 Å². The highest BCUT2D eigenvalue weighted by Crippen LogP contribution is 2.59. The van der Waals surface area contributed by atoms with Gasteiger partial charge in [0.25, 0.3) is 5.69 Å².